The van der Waals surface area contributed by atoms with Crippen molar-refractivity contribution in [1.29, 1.82) is 0 Å². The summed E-state index contributed by atoms with van der Waals surface area (Å²) in [5, 5.41) is 12.9. The van der Waals surface area contributed by atoms with Crippen molar-refractivity contribution in [2.45, 2.75) is 18.7 Å². The third-order valence-corrected chi connectivity index (χ3v) is 6.18. The Kier molecular flexibility index (Phi) is 6.71. The second-order valence-electron chi connectivity index (χ2n) is 6.71. The first kappa shape index (κ1) is 20.4. The molecule has 2 N–H and O–H groups in total. The molecule has 1 aromatic heterocycles. The van der Waals surface area contributed by atoms with E-state index in [4.69, 9.17) is 9.15 Å². The normalized spacial score (nSPS) is 20.9. The number of aliphatic hydroxyl groups excluding tert-OH is 1. The molecule has 1 fully saturated rings. The monoisotopic (exact) mass is 408 g/mol. The van der Waals surface area contributed by atoms with Crippen LogP contribution in [-0.4, -0.2) is 67.7 Å². The smallest absolute Gasteiger partial charge is 0.234 e. The van der Waals surface area contributed by atoms with E-state index in [1.807, 2.05) is 30.3 Å². The molecule has 1 aromatic carbocycles. The van der Waals surface area contributed by atoms with E-state index in [-0.39, 0.29) is 30.5 Å². The molecule has 2 aromatic rings. The molecule has 9 heteroatoms. The molecule has 0 aliphatic carbocycles. The van der Waals surface area contributed by atoms with E-state index >= 15 is 0 Å². The minimum Gasteiger partial charge on any atom is -0.492 e. The number of nitrogens with one attached hydrogen (secondary N) is 1. The quantitative estimate of drug-likeness (QED) is 0.579. The minimum atomic E-state index is -3.33. The second kappa shape index (κ2) is 9.22. The maximum absolute atomic E-state index is 12.3. The highest BCUT2D eigenvalue weighted by atomic mass is 32.2. The van der Waals surface area contributed by atoms with Crippen LogP contribution in [0.2, 0.25) is 0 Å². The van der Waals surface area contributed by atoms with Crippen molar-refractivity contribution in [1.82, 2.24) is 10.2 Å². The summed E-state index contributed by atoms with van der Waals surface area (Å²) in [5.74, 6) is 0.560. The molecule has 8 nitrogen and oxygen atoms in total. The maximum atomic E-state index is 12.3. The van der Waals surface area contributed by atoms with Crippen molar-refractivity contribution in [2.75, 3.05) is 31.2 Å². The fraction of sp³-hybridized carbons (Fsp3) is 0.421. The Morgan fingerprint density at radius 1 is 1.21 bits per heavy atom. The largest absolute Gasteiger partial charge is 0.492 e. The minimum absolute atomic E-state index is 0.0523. The number of benzene rings is 1. The van der Waals surface area contributed by atoms with Gasteiger partial charge in [0, 0.05) is 0 Å². The lowest BCUT2D eigenvalue weighted by atomic mass is 10.1. The number of aliphatic hydroxyl groups is 1. The summed E-state index contributed by atoms with van der Waals surface area (Å²) in [6, 6.07) is 12.1. The van der Waals surface area contributed by atoms with Crippen LogP contribution in [0.3, 0.4) is 0 Å². The summed E-state index contributed by atoms with van der Waals surface area (Å²) in [6.45, 7) is 0.809. The molecule has 1 aliphatic rings. The topological polar surface area (TPSA) is 109 Å². The van der Waals surface area contributed by atoms with Crippen LogP contribution in [0.1, 0.15) is 5.76 Å². The van der Waals surface area contributed by atoms with Crippen molar-refractivity contribution in [3.63, 3.8) is 0 Å². The number of carbonyl (C=O) groups is 1. The maximum Gasteiger partial charge on any atom is 0.234 e. The van der Waals surface area contributed by atoms with Gasteiger partial charge < -0.3 is 19.6 Å². The summed E-state index contributed by atoms with van der Waals surface area (Å²) >= 11 is 0. The molecule has 1 saturated heterocycles. The van der Waals surface area contributed by atoms with Crippen LogP contribution in [-0.2, 0) is 21.2 Å². The molecule has 0 spiro atoms. The third-order valence-electron chi connectivity index (χ3n) is 4.48. The van der Waals surface area contributed by atoms with Gasteiger partial charge in [-0.25, -0.2) is 8.42 Å². The fourth-order valence-corrected chi connectivity index (χ4v) is 5.00. The van der Waals surface area contributed by atoms with Gasteiger partial charge in [-0.3, -0.25) is 9.69 Å². The number of para-hydroxylation sites is 1. The zero-order chi connectivity index (χ0) is 20.0. The van der Waals surface area contributed by atoms with Crippen molar-refractivity contribution in [3.8, 4) is 5.75 Å². The number of sulfone groups is 1. The lowest BCUT2D eigenvalue weighted by molar-refractivity contribution is -0.123. The number of carbonyl (C=O) groups excluding carboxylic acids is 1. The number of hydrogen-bond acceptors (Lipinski definition) is 7. The molecule has 0 saturated carbocycles. The molecule has 28 heavy (non-hydrogen) atoms. The number of amides is 1. The summed E-state index contributed by atoms with van der Waals surface area (Å²) in [7, 11) is -3.33. The summed E-state index contributed by atoms with van der Waals surface area (Å²) in [5.41, 5.74) is 0. The predicted molar refractivity (Wildman–Crippen MR) is 103 cm³/mol. The van der Waals surface area contributed by atoms with Gasteiger partial charge in [0.2, 0.25) is 5.91 Å². The highest BCUT2D eigenvalue weighted by Gasteiger charge is 2.40. The molecule has 0 bridgehead atoms. The number of ether oxygens (including phenoxy) is 1. The van der Waals surface area contributed by atoms with E-state index in [2.05, 4.69) is 5.32 Å². The molecule has 152 valence electrons. The molecule has 0 radical (unpaired) electrons. The van der Waals surface area contributed by atoms with Crippen molar-refractivity contribution in [3.05, 3.63) is 54.5 Å². The van der Waals surface area contributed by atoms with Gasteiger partial charge in [0.05, 0.1) is 49.5 Å². The number of hydrogen-bond donors (Lipinski definition) is 2. The molecule has 1 aliphatic heterocycles. The first-order chi connectivity index (χ1) is 13.4. The third kappa shape index (κ3) is 5.82. The van der Waals surface area contributed by atoms with Gasteiger partial charge in [-0.2, -0.15) is 0 Å². The number of nitrogens with zero attached hydrogens (tertiary/aromatic N) is 1. The Morgan fingerprint density at radius 3 is 2.64 bits per heavy atom. The van der Waals surface area contributed by atoms with Crippen LogP contribution in [0, 0.1) is 0 Å². The second-order valence-corrected chi connectivity index (χ2v) is 8.86. The van der Waals surface area contributed by atoms with Crippen LogP contribution < -0.4 is 10.1 Å². The first-order valence-corrected chi connectivity index (χ1v) is 10.8. The summed E-state index contributed by atoms with van der Waals surface area (Å²) in [6.07, 6.45) is 0.477. The van der Waals surface area contributed by atoms with Crippen LogP contribution in [0.15, 0.2) is 53.1 Å². The summed E-state index contributed by atoms with van der Waals surface area (Å²) < 4.78 is 34.6. The van der Waals surface area contributed by atoms with Crippen molar-refractivity contribution in [2.24, 2.45) is 0 Å². The van der Waals surface area contributed by atoms with Gasteiger partial charge >= 0.3 is 0 Å². The van der Waals surface area contributed by atoms with E-state index in [0.29, 0.717) is 18.9 Å². The number of furan rings is 1. The zero-order valence-corrected chi connectivity index (χ0v) is 16.2. The molecule has 3 rings (SSSR count). The Morgan fingerprint density at radius 2 is 2.00 bits per heavy atom. The molecule has 2 unspecified atom stereocenters. The Labute approximate surface area is 164 Å². The SMILES string of the molecule is O=C(CN(Cc1ccco1)C1CS(=O)(=O)CC1O)NCCOc1ccccc1. The lowest BCUT2D eigenvalue weighted by Gasteiger charge is -2.28. The Balaban J connectivity index is 1.53. The molecular formula is C19H24N2O6S. The van der Waals surface area contributed by atoms with Crippen LogP contribution >= 0.6 is 0 Å². The molecule has 2 atom stereocenters. The lowest BCUT2D eigenvalue weighted by Crippen LogP contribution is -2.47. The van der Waals surface area contributed by atoms with Crippen LogP contribution in [0.25, 0.3) is 0 Å². The van der Waals surface area contributed by atoms with E-state index in [1.54, 1.807) is 17.0 Å². The summed E-state index contributed by atoms with van der Waals surface area (Å²) in [4.78, 5) is 14.0. The van der Waals surface area contributed by atoms with Crippen molar-refractivity contribution >= 4 is 15.7 Å². The van der Waals surface area contributed by atoms with Crippen molar-refractivity contribution < 1.29 is 27.5 Å². The van der Waals surface area contributed by atoms with E-state index in [0.717, 1.165) is 5.75 Å². The van der Waals surface area contributed by atoms with Gasteiger partial charge in [0.25, 0.3) is 0 Å². The number of rotatable bonds is 9. The van der Waals surface area contributed by atoms with Gasteiger partial charge in [0.1, 0.15) is 18.1 Å². The van der Waals surface area contributed by atoms with Gasteiger partial charge in [0.15, 0.2) is 9.84 Å². The van der Waals surface area contributed by atoms with E-state index in [9.17, 15) is 18.3 Å². The highest BCUT2D eigenvalue weighted by molar-refractivity contribution is 7.91. The van der Waals surface area contributed by atoms with Crippen LogP contribution in [0.4, 0.5) is 0 Å². The zero-order valence-electron chi connectivity index (χ0n) is 15.4. The van der Waals surface area contributed by atoms with Crippen LogP contribution in [0.5, 0.6) is 5.75 Å². The Hall–Kier alpha value is -2.36. The molecule has 2 heterocycles. The average Bonchev–Trinajstić information content (AvgIpc) is 3.26. The molecule has 1 amide bonds. The first-order valence-electron chi connectivity index (χ1n) is 9.02. The van der Waals surface area contributed by atoms with Gasteiger partial charge in [-0.1, -0.05) is 18.2 Å². The highest BCUT2D eigenvalue weighted by Crippen LogP contribution is 2.20. The van der Waals surface area contributed by atoms with E-state index in [1.165, 1.54) is 6.26 Å². The molecular weight excluding hydrogens is 384 g/mol. The predicted octanol–water partition coefficient (Wildman–Crippen LogP) is 0.435. The van der Waals surface area contributed by atoms with E-state index < -0.39 is 22.0 Å². The van der Waals surface area contributed by atoms with Gasteiger partial charge in [-0.15, -0.1) is 0 Å². The Bertz CT molecular complexity index is 854. The standard InChI is InChI=1S/C19H24N2O6S/c22-18-14-28(24,25)13-17(18)21(11-16-7-4-9-26-16)12-19(23)20-8-10-27-15-5-2-1-3-6-15/h1-7,9,17-18,22H,8,10-14H2,(H,20,23). The fourth-order valence-electron chi connectivity index (χ4n) is 3.17. The average molecular weight is 408 g/mol. The van der Waals surface area contributed by atoms with Gasteiger partial charge in [-0.05, 0) is 24.3 Å².